The van der Waals surface area contributed by atoms with Gasteiger partial charge in [0.05, 0.1) is 16.8 Å². The molecular formula is C46H29ClN2O2. The number of para-hydroxylation sites is 4. The number of rotatable bonds is 6. The van der Waals surface area contributed by atoms with Gasteiger partial charge in [-0.1, -0.05) is 103 Å². The molecule has 0 N–H and O–H groups in total. The van der Waals surface area contributed by atoms with Gasteiger partial charge >= 0.3 is 0 Å². The van der Waals surface area contributed by atoms with Gasteiger partial charge in [0.1, 0.15) is 22.3 Å². The molecule has 0 aliphatic heterocycles. The molecule has 0 unspecified atom stereocenters. The van der Waals surface area contributed by atoms with Crippen LogP contribution in [0.1, 0.15) is 0 Å². The molecule has 0 radical (unpaired) electrons. The molecule has 0 aliphatic carbocycles. The van der Waals surface area contributed by atoms with Gasteiger partial charge in [0.2, 0.25) is 0 Å². The summed E-state index contributed by atoms with van der Waals surface area (Å²) >= 11 is 6.83. The molecule has 0 aliphatic rings. The third kappa shape index (κ3) is 4.84. The fourth-order valence-corrected chi connectivity index (χ4v) is 7.66. The monoisotopic (exact) mass is 676 g/mol. The van der Waals surface area contributed by atoms with Crippen molar-refractivity contribution in [1.29, 1.82) is 0 Å². The Labute approximate surface area is 298 Å². The molecule has 0 saturated heterocycles. The zero-order chi connectivity index (χ0) is 33.9. The highest BCUT2D eigenvalue weighted by molar-refractivity contribution is 6.32. The number of benzene rings is 8. The molecule has 0 bridgehead atoms. The number of nitrogens with zero attached hydrogens (tertiary/aromatic N) is 2. The predicted octanol–water partition coefficient (Wildman–Crippen LogP) is 14.2. The summed E-state index contributed by atoms with van der Waals surface area (Å²) in [7, 11) is 0. The molecule has 0 atom stereocenters. The maximum Gasteiger partial charge on any atom is 0.143 e. The minimum atomic E-state index is 0.604. The molecule has 2 aromatic heterocycles. The first-order valence-corrected chi connectivity index (χ1v) is 17.3. The number of halogens is 1. The summed E-state index contributed by atoms with van der Waals surface area (Å²) in [6, 6.07) is 60.7. The second kappa shape index (κ2) is 11.8. The Morgan fingerprint density at radius 3 is 1.63 bits per heavy atom. The summed E-state index contributed by atoms with van der Waals surface area (Å²) < 4.78 is 13.0. The first-order valence-electron chi connectivity index (χ1n) is 17.0. The van der Waals surface area contributed by atoms with Gasteiger partial charge in [-0.2, -0.15) is 0 Å². The van der Waals surface area contributed by atoms with E-state index in [0.717, 1.165) is 88.8 Å². The minimum Gasteiger partial charge on any atom is -0.456 e. The standard InChI is InChI=1S/C46H29ClN2O2/c47-30-27-41(48(31-13-4-1-5-14-31)32-15-6-2-7-16-32)45-39-29-34(23-26-43(39)50-44(45)28-30)49(33-17-8-3-9-18-33)40-21-12-20-37-35(40)24-25-38-36-19-10-11-22-42(36)51-46(37)38/h1-29H. The van der Waals surface area contributed by atoms with E-state index in [1.807, 2.05) is 42.5 Å². The van der Waals surface area contributed by atoms with Gasteiger partial charge in [0.25, 0.3) is 0 Å². The molecule has 0 fully saturated rings. The van der Waals surface area contributed by atoms with E-state index in [-0.39, 0.29) is 0 Å². The lowest BCUT2D eigenvalue weighted by Crippen LogP contribution is -2.11. The second-order valence-corrected chi connectivity index (χ2v) is 13.1. The van der Waals surface area contributed by atoms with Crippen LogP contribution in [0.4, 0.5) is 34.1 Å². The lowest BCUT2D eigenvalue weighted by Gasteiger charge is -2.27. The zero-order valence-corrected chi connectivity index (χ0v) is 28.1. The Balaban J connectivity index is 1.23. The Morgan fingerprint density at radius 1 is 0.353 bits per heavy atom. The van der Waals surface area contributed by atoms with Crippen LogP contribution in [-0.2, 0) is 0 Å². The lowest BCUT2D eigenvalue weighted by atomic mass is 10.0. The van der Waals surface area contributed by atoms with E-state index < -0.39 is 0 Å². The molecule has 0 spiro atoms. The van der Waals surface area contributed by atoms with E-state index in [1.165, 1.54) is 0 Å². The Kier molecular flexibility index (Phi) is 6.83. The molecule has 5 heteroatoms. The number of anilines is 6. The van der Waals surface area contributed by atoms with Crippen molar-refractivity contribution in [1.82, 2.24) is 0 Å². The fourth-order valence-electron chi connectivity index (χ4n) is 7.46. The highest BCUT2D eigenvalue weighted by Gasteiger charge is 2.23. The lowest BCUT2D eigenvalue weighted by molar-refractivity contribution is 0.669. The van der Waals surface area contributed by atoms with Gasteiger partial charge in [0.15, 0.2) is 0 Å². The number of hydrogen-bond acceptors (Lipinski definition) is 4. The van der Waals surface area contributed by atoms with Crippen LogP contribution in [0.2, 0.25) is 5.02 Å². The maximum atomic E-state index is 6.83. The van der Waals surface area contributed by atoms with Crippen LogP contribution in [0.25, 0.3) is 54.6 Å². The third-order valence-corrected chi connectivity index (χ3v) is 9.88. The normalized spacial score (nSPS) is 11.6. The third-order valence-electron chi connectivity index (χ3n) is 9.66. The van der Waals surface area contributed by atoms with E-state index in [1.54, 1.807) is 0 Å². The summed E-state index contributed by atoms with van der Waals surface area (Å²) in [5.41, 5.74) is 9.37. The van der Waals surface area contributed by atoms with E-state index in [0.29, 0.717) is 5.02 Å². The average Bonchev–Trinajstić information content (AvgIpc) is 3.75. The van der Waals surface area contributed by atoms with Gasteiger partial charge in [-0.05, 0) is 78.9 Å². The largest absolute Gasteiger partial charge is 0.456 e. The SMILES string of the molecule is Clc1cc(N(c2ccccc2)c2ccccc2)c2c(c1)oc1ccc(N(c3ccccc3)c3cccc4c3ccc3c5ccccc5oc43)cc12. The molecule has 4 nitrogen and oxygen atoms in total. The Morgan fingerprint density at radius 2 is 0.922 bits per heavy atom. The van der Waals surface area contributed by atoms with Crippen LogP contribution in [0.5, 0.6) is 0 Å². The minimum absolute atomic E-state index is 0.604. The highest BCUT2D eigenvalue weighted by atomic mass is 35.5. The molecule has 10 aromatic rings. The number of fused-ring (bicyclic) bond motifs is 8. The van der Waals surface area contributed by atoms with Crippen molar-refractivity contribution >= 4 is 100 Å². The van der Waals surface area contributed by atoms with Crippen molar-refractivity contribution in [3.8, 4) is 0 Å². The topological polar surface area (TPSA) is 32.8 Å². The first-order chi connectivity index (χ1) is 25.2. The van der Waals surface area contributed by atoms with Gasteiger partial charge in [-0.25, -0.2) is 0 Å². The Hall–Kier alpha value is -6.49. The van der Waals surface area contributed by atoms with Crippen molar-refractivity contribution in [3.63, 3.8) is 0 Å². The van der Waals surface area contributed by atoms with Gasteiger partial charge in [0, 0.05) is 60.8 Å². The van der Waals surface area contributed by atoms with E-state index in [4.69, 9.17) is 20.4 Å². The van der Waals surface area contributed by atoms with Crippen molar-refractivity contribution in [2.24, 2.45) is 0 Å². The summed E-state index contributed by atoms with van der Waals surface area (Å²) in [5.74, 6) is 0. The Bertz CT molecular complexity index is 2840. The van der Waals surface area contributed by atoms with Gasteiger partial charge in [-0.15, -0.1) is 0 Å². The molecule has 242 valence electrons. The van der Waals surface area contributed by atoms with Gasteiger partial charge in [-0.3, -0.25) is 0 Å². The second-order valence-electron chi connectivity index (χ2n) is 12.7. The van der Waals surface area contributed by atoms with Crippen LogP contribution in [0.15, 0.2) is 185 Å². The summed E-state index contributed by atoms with van der Waals surface area (Å²) in [5, 5.41) is 6.97. The first kappa shape index (κ1) is 29.4. The highest BCUT2D eigenvalue weighted by Crippen LogP contribution is 2.47. The molecule has 0 saturated carbocycles. The van der Waals surface area contributed by atoms with E-state index in [9.17, 15) is 0 Å². The van der Waals surface area contributed by atoms with Crippen molar-refractivity contribution in [2.75, 3.05) is 9.80 Å². The summed E-state index contributed by atoms with van der Waals surface area (Å²) in [6.45, 7) is 0. The van der Waals surface area contributed by atoms with E-state index >= 15 is 0 Å². The van der Waals surface area contributed by atoms with Crippen molar-refractivity contribution < 1.29 is 8.83 Å². The van der Waals surface area contributed by atoms with Crippen LogP contribution in [0, 0.1) is 0 Å². The molecule has 0 amide bonds. The molecule has 2 heterocycles. The molecule has 10 rings (SSSR count). The molecule has 8 aromatic carbocycles. The zero-order valence-electron chi connectivity index (χ0n) is 27.3. The van der Waals surface area contributed by atoms with Crippen LogP contribution in [-0.4, -0.2) is 0 Å². The van der Waals surface area contributed by atoms with Crippen LogP contribution in [0.3, 0.4) is 0 Å². The smallest absolute Gasteiger partial charge is 0.143 e. The predicted molar refractivity (Wildman–Crippen MR) is 213 cm³/mol. The van der Waals surface area contributed by atoms with Crippen molar-refractivity contribution in [3.05, 3.63) is 181 Å². The van der Waals surface area contributed by atoms with Crippen molar-refractivity contribution in [2.45, 2.75) is 0 Å². The number of hydrogen-bond donors (Lipinski definition) is 0. The summed E-state index contributed by atoms with van der Waals surface area (Å²) in [6.07, 6.45) is 0. The summed E-state index contributed by atoms with van der Waals surface area (Å²) in [4.78, 5) is 4.56. The van der Waals surface area contributed by atoms with Gasteiger partial charge < -0.3 is 18.6 Å². The maximum absolute atomic E-state index is 6.83. The quantitative estimate of drug-likeness (QED) is 0.175. The average molecular weight is 677 g/mol. The number of furan rings is 2. The molecule has 51 heavy (non-hydrogen) atoms. The fraction of sp³-hybridized carbons (Fsp3) is 0. The van der Waals surface area contributed by atoms with E-state index in [2.05, 4.69) is 143 Å². The van der Waals surface area contributed by atoms with Crippen LogP contribution >= 0.6 is 11.6 Å². The molecular weight excluding hydrogens is 648 g/mol. The van der Waals surface area contributed by atoms with Crippen LogP contribution < -0.4 is 9.80 Å².